The molecule has 156 valence electrons. The molecule has 3 heterocycles. The second kappa shape index (κ2) is 8.90. The molecule has 1 aliphatic rings. The van der Waals surface area contributed by atoms with Crippen molar-refractivity contribution in [2.45, 2.75) is 30.7 Å². The second-order valence-corrected chi connectivity index (χ2v) is 7.66. The predicted octanol–water partition coefficient (Wildman–Crippen LogP) is 3.90. The number of methoxy groups -OCH3 is 1. The standard InChI is InChI=1S/C24H26FN3O2/c1-30-22-10-2-6-18(14-22)23(28-13-5-9-21(25)17-28)24(29,19-7-3-11-26-15-19)20-8-4-12-27-16-20/h2-4,6-8,10-12,14-16,21,23,29H,5,9,13,17H2,1H3. The van der Waals surface area contributed by atoms with Crippen molar-refractivity contribution in [1.29, 1.82) is 0 Å². The van der Waals surface area contributed by atoms with Gasteiger partial charge in [-0.15, -0.1) is 0 Å². The number of aliphatic hydroxyl groups is 1. The lowest BCUT2D eigenvalue weighted by molar-refractivity contribution is -0.0412. The van der Waals surface area contributed by atoms with E-state index in [1.165, 1.54) is 0 Å². The van der Waals surface area contributed by atoms with Crippen molar-refractivity contribution in [3.05, 3.63) is 90.0 Å². The summed E-state index contributed by atoms with van der Waals surface area (Å²) in [4.78, 5) is 10.5. The molecular formula is C24H26FN3O2. The zero-order valence-corrected chi connectivity index (χ0v) is 17.0. The maximum atomic E-state index is 14.5. The van der Waals surface area contributed by atoms with Crippen molar-refractivity contribution in [2.75, 3.05) is 20.2 Å². The maximum absolute atomic E-state index is 14.5. The Balaban J connectivity index is 1.93. The summed E-state index contributed by atoms with van der Waals surface area (Å²) < 4.78 is 19.9. The third kappa shape index (κ3) is 3.93. The van der Waals surface area contributed by atoms with Gasteiger partial charge in [0.15, 0.2) is 0 Å². The molecule has 0 saturated carbocycles. The summed E-state index contributed by atoms with van der Waals surface area (Å²) >= 11 is 0. The summed E-state index contributed by atoms with van der Waals surface area (Å²) in [7, 11) is 1.61. The normalized spacial score (nSPS) is 18.7. The van der Waals surface area contributed by atoms with Gasteiger partial charge in [0, 0.05) is 42.5 Å². The Hall–Kier alpha value is -2.83. The van der Waals surface area contributed by atoms with Gasteiger partial charge in [-0.05, 0) is 49.2 Å². The smallest absolute Gasteiger partial charge is 0.137 e. The number of nitrogens with zero attached hydrogens (tertiary/aromatic N) is 3. The molecule has 1 N–H and O–H groups in total. The Kier molecular flexibility index (Phi) is 6.06. The molecule has 0 amide bonds. The van der Waals surface area contributed by atoms with E-state index in [0.29, 0.717) is 29.8 Å². The number of hydrogen-bond acceptors (Lipinski definition) is 5. The van der Waals surface area contributed by atoms with E-state index in [4.69, 9.17) is 4.74 Å². The first-order valence-electron chi connectivity index (χ1n) is 10.2. The minimum absolute atomic E-state index is 0.255. The molecule has 30 heavy (non-hydrogen) atoms. The van der Waals surface area contributed by atoms with Gasteiger partial charge in [-0.25, -0.2) is 4.39 Å². The van der Waals surface area contributed by atoms with E-state index < -0.39 is 17.8 Å². The minimum atomic E-state index is -1.48. The van der Waals surface area contributed by atoms with Gasteiger partial charge >= 0.3 is 0 Å². The van der Waals surface area contributed by atoms with Gasteiger partial charge in [-0.2, -0.15) is 0 Å². The molecule has 5 nitrogen and oxygen atoms in total. The molecule has 1 fully saturated rings. The lowest BCUT2D eigenvalue weighted by atomic mass is 9.77. The van der Waals surface area contributed by atoms with Crippen LogP contribution in [0.2, 0.25) is 0 Å². The Morgan fingerprint density at radius 2 is 1.80 bits per heavy atom. The highest BCUT2D eigenvalue weighted by atomic mass is 19.1. The van der Waals surface area contributed by atoms with E-state index in [9.17, 15) is 9.50 Å². The predicted molar refractivity (Wildman–Crippen MR) is 113 cm³/mol. The molecule has 0 bridgehead atoms. The molecule has 1 saturated heterocycles. The fourth-order valence-corrected chi connectivity index (χ4v) is 4.37. The number of rotatable bonds is 6. The summed E-state index contributed by atoms with van der Waals surface area (Å²) in [5, 5.41) is 12.4. The highest BCUT2D eigenvalue weighted by Crippen LogP contribution is 2.45. The monoisotopic (exact) mass is 407 g/mol. The van der Waals surface area contributed by atoms with Crippen LogP contribution in [0.3, 0.4) is 0 Å². The van der Waals surface area contributed by atoms with Crippen LogP contribution in [0, 0.1) is 0 Å². The molecule has 2 unspecified atom stereocenters. The lowest BCUT2D eigenvalue weighted by Gasteiger charge is -2.45. The summed E-state index contributed by atoms with van der Waals surface area (Å²) in [6.45, 7) is 0.940. The molecule has 0 aliphatic carbocycles. The first-order chi connectivity index (χ1) is 14.6. The quantitative estimate of drug-likeness (QED) is 0.672. The highest BCUT2D eigenvalue weighted by Gasteiger charge is 2.46. The molecule has 4 rings (SSSR count). The van der Waals surface area contributed by atoms with Gasteiger partial charge in [0.2, 0.25) is 0 Å². The van der Waals surface area contributed by atoms with Crippen molar-refractivity contribution in [3.8, 4) is 5.75 Å². The van der Waals surface area contributed by atoms with Crippen LogP contribution in [-0.4, -0.2) is 46.3 Å². The molecule has 0 radical (unpaired) electrons. The first kappa shape index (κ1) is 20.4. The minimum Gasteiger partial charge on any atom is -0.497 e. The van der Waals surface area contributed by atoms with E-state index in [2.05, 4.69) is 9.97 Å². The number of alkyl halides is 1. The second-order valence-electron chi connectivity index (χ2n) is 7.66. The van der Waals surface area contributed by atoms with Crippen LogP contribution in [0.4, 0.5) is 4.39 Å². The lowest BCUT2D eigenvalue weighted by Crippen LogP contribution is -2.49. The number of ether oxygens (including phenoxy) is 1. The summed E-state index contributed by atoms with van der Waals surface area (Å²) in [6, 6.07) is 14.4. The zero-order valence-electron chi connectivity index (χ0n) is 17.0. The van der Waals surface area contributed by atoms with Crippen molar-refractivity contribution in [1.82, 2.24) is 14.9 Å². The number of hydrogen-bond donors (Lipinski definition) is 1. The molecular weight excluding hydrogens is 381 g/mol. The zero-order chi connectivity index (χ0) is 21.0. The Morgan fingerprint density at radius 1 is 1.10 bits per heavy atom. The molecule has 3 aromatic rings. The van der Waals surface area contributed by atoms with Gasteiger partial charge < -0.3 is 9.84 Å². The number of halogens is 1. The number of piperidine rings is 1. The van der Waals surface area contributed by atoms with E-state index in [-0.39, 0.29) is 6.54 Å². The van der Waals surface area contributed by atoms with Crippen LogP contribution >= 0.6 is 0 Å². The summed E-state index contributed by atoms with van der Waals surface area (Å²) in [5.41, 5.74) is 0.628. The molecule has 2 aromatic heterocycles. The van der Waals surface area contributed by atoms with Crippen LogP contribution in [-0.2, 0) is 5.60 Å². The summed E-state index contributed by atoms with van der Waals surface area (Å²) in [6.07, 6.45) is 7.02. The Morgan fingerprint density at radius 3 is 2.37 bits per heavy atom. The van der Waals surface area contributed by atoms with Crippen molar-refractivity contribution >= 4 is 0 Å². The largest absolute Gasteiger partial charge is 0.497 e. The van der Waals surface area contributed by atoms with Gasteiger partial charge in [-0.3, -0.25) is 14.9 Å². The number of aromatic nitrogens is 2. The fraction of sp³-hybridized carbons (Fsp3) is 0.333. The van der Waals surface area contributed by atoms with E-state index in [1.54, 1.807) is 44.0 Å². The molecule has 2 atom stereocenters. The Labute approximate surface area is 176 Å². The van der Waals surface area contributed by atoms with Gasteiger partial charge in [0.1, 0.15) is 17.5 Å². The van der Waals surface area contributed by atoms with Crippen molar-refractivity contribution in [3.63, 3.8) is 0 Å². The highest BCUT2D eigenvalue weighted by molar-refractivity contribution is 5.41. The molecule has 6 heteroatoms. The number of benzene rings is 1. The van der Waals surface area contributed by atoms with E-state index in [0.717, 1.165) is 12.0 Å². The SMILES string of the molecule is COc1cccc(C(N2CCCC(F)C2)C(O)(c2cccnc2)c2cccnc2)c1. The fourth-order valence-electron chi connectivity index (χ4n) is 4.37. The van der Waals surface area contributed by atoms with Crippen LogP contribution in [0.5, 0.6) is 5.75 Å². The van der Waals surface area contributed by atoms with Crippen molar-refractivity contribution in [2.24, 2.45) is 0 Å². The molecule has 1 aliphatic heterocycles. The third-order valence-corrected chi connectivity index (χ3v) is 5.77. The van der Waals surface area contributed by atoms with E-state index in [1.807, 2.05) is 41.3 Å². The number of pyridine rings is 2. The van der Waals surface area contributed by atoms with Gasteiger partial charge in [-0.1, -0.05) is 24.3 Å². The van der Waals surface area contributed by atoms with Crippen LogP contribution in [0.25, 0.3) is 0 Å². The maximum Gasteiger partial charge on any atom is 0.137 e. The van der Waals surface area contributed by atoms with Crippen molar-refractivity contribution < 1.29 is 14.2 Å². The number of likely N-dealkylation sites (tertiary alicyclic amines) is 1. The van der Waals surface area contributed by atoms with Gasteiger partial charge in [0.05, 0.1) is 13.2 Å². The third-order valence-electron chi connectivity index (χ3n) is 5.77. The average molecular weight is 407 g/mol. The van der Waals surface area contributed by atoms with Crippen LogP contribution in [0.15, 0.2) is 73.3 Å². The van der Waals surface area contributed by atoms with E-state index >= 15 is 0 Å². The first-order valence-corrected chi connectivity index (χ1v) is 10.2. The topological polar surface area (TPSA) is 58.5 Å². The molecule has 0 spiro atoms. The van der Waals surface area contributed by atoms with Crippen LogP contribution in [0.1, 0.15) is 35.6 Å². The molecule has 1 aromatic carbocycles. The summed E-state index contributed by atoms with van der Waals surface area (Å²) in [5.74, 6) is 0.686. The average Bonchev–Trinajstić information content (AvgIpc) is 2.80. The Bertz CT molecular complexity index is 915. The van der Waals surface area contributed by atoms with Crippen LogP contribution < -0.4 is 4.74 Å². The van der Waals surface area contributed by atoms with Gasteiger partial charge in [0.25, 0.3) is 0 Å².